The Bertz CT molecular complexity index is 725. The minimum atomic E-state index is -0.0694. The molecule has 0 aromatic heterocycles. The summed E-state index contributed by atoms with van der Waals surface area (Å²) in [6, 6.07) is 14.2. The fraction of sp³-hybridized carbons (Fsp3) is 0.235. The average Bonchev–Trinajstić information content (AvgIpc) is 2.54. The van der Waals surface area contributed by atoms with Crippen LogP contribution in [0.15, 0.2) is 57.6 Å². The Morgan fingerprint density at radius 1 is 1.23 bits per heavy atom. The van der Waals surface area contributed by atoms with E-state index in [0.717, 1.165) is 11.3 Å². The third kappa shape index (κ3) is 3.04. The lowest BCUT2D eigenvalue weighted by atomic mass is 9.94. The molecule has 1 heterocycles. The van der Waals surface area contributed by atoms with E-state index in [9.17, 15) is 4.79 Å². The number of thioether (sulfide) groups is 1. The van der Waals surface area contributed by atoms with Crippen molar-refractivity contribution in [1.82, 2.24) is 0 Å². The maximum Gasteiger partial charge on any atom is 0.221 e. The number of nitrogens with zero attached hydrogens (tertiary/aromatic N) is 2. The van der Waals surface area contributed by atoms with Crippen LogP contribution in [0.4, 0.5) is 5.69 Å². The molecule has 0 saturated carbocycles. The SMILES string of the molecule is CSc1ccc2c(c1)C(c1ccc(NC(C)=O)cc1)N=NC2. The van der Waals surface area contributed by atoms with Crippen LogP contribution in [0.3, 0.4) is 0 Å². The number of hydrogen-bond acceptors (Lipinski definition) is 4. The van der Waals surface area contributed by atoms with Crippen LogP contribution in [-0.4, -0.2) is 12.2 Å². The highest BCUT2D eigenvalue weighted by atomic mass is 32.2. The minimum Gasteiger partial charge on any atom is -0.326 e. The molecule has 0 aliphatic carbocycles. The highest BCUT2D eigenvalue weighted by molar-refractivity contribution is 7.98. The lowest BCUT2D eigenvalue weighted by Gasteiger charge is -2.20. The van der Waals surface area contributed by atoms with Gasteiger partial charge in [0.05, 0.1) is 6.54 Å². The Labute approximate surface area is 134 Å². The van der Waals surface area contributed by atoms with Crippen LogP contribution in [-0.2, 0) is 11.3 Å². The van der Waals surface area contributed by atoms with Gasteiger partial charge in [-0.2, -0.15) is 10.2 Å². The molecule has 112 valence electrons. The highest BCUT2D eigenvalue weighted by Crippen LogP contribution is 2.35. The van der Waals surface area contributed by atoms with Crippen molar-refractivity contribution in [3.63, 3.8) is 0 Å². The monoisotopic (exact) mass is 311 g/mol. The summed E-state index contributed by atoms with van der Waals surface area (Å²) < 4.78 is 0. The van der Waals surface area contributed by atoms with Crippen molar-refractivity contribution in [1.29, 1.82) is 0 Å². The first-order chi connectivity index (χ1) is 10.7. The van der Waals surface area contributed by atoms with Crippen molar-refractivity contribution < 1.29 is 4.79 Å². The maximum atomic E-state index is 11.1. The van der Waals surface area contributed by atoms with E-state index < -0.39 is 0 Å². The van der Waals surface area contributed by atoms with Crippen LogP contribution in [0.25, 0.3) is 0 Å². The van der Waals surface area contributed by atoms with Crippen molar-refractivity contribution in [3.05, 3.63) is 59.2 Å². The van der Waals surface area contributed by atoms with Gasteiger partial charge in [-0.05, 0) is 47.2 Å². The van der Waals surface area contributed by atoms with Crippen LogP contribution in [0.2, 0.25) is 0 Å². The first-order valence-electron chi connectivity index (χ1n) is 7.08. The van der Waals surface area contributed by atoms with Crippen LogP contribution in [0.1, 0.15) is 29.7 Å². The molecule has 1 N–H and O–H groups in total. The minimum absolute atomic E-state index is 0.0674. The number of carbonyl (C=O) groups is 1. The molecule has 1 aliphatic rings. The number of anilines is 1. The van der Waals surface area contributed by atoms with Gasteiger partial charge in [0.2, 0.25) is 5.91 Å². The molecule has 5 heteroatoms. The summed E-state index contributed by atoms with van der Waals surface area (Å²) in [5.74, 6) is -0.0694. The van der Waals surface area contributed by atoms with E-state index in [1.54, 1.807) is 11.8 Å². The second-order valence-corrected chi connectivity index (χ2v) is 6.07. The molecule has 22 heavy (non-hydrogen) atoms. The van der Waals surface area contributed by atoms with E-state index in [-0.39, 0.29) is 11.9 Å². The van der Waals surface area contributed by atoms with E-state index in [0.29, 0.717) is 6.54 Å². The first-order valence-corrected chi connectivity index (χ1v) is 8.31. The zero-order valence-corrected chi connectivity index (χ0v) is 13.4. The van der Waals surface area contributed by atoms with Gasteiger partial charge < -0.3 is 5.32 Å². The van der Waals surface area contributed by atoms with E-state index in [1.165, 1.54) is 22.9 Å². The number of nitrogens with one attached hydrogen (secondary N) is 1. The number of carbonyl (C=O) groups excluding carboxylic acids is 1. The molecule has 0 bridgehead atoms. The van der Waals surface area contributed by atoms with E-state index in [2.05, 4.69) is 40.0 Å². The van der Waals surface area contributed by atoms with Crippen LogP contribution in [0, 0.1) is 0 Å². The highest BCUT2D eigenvalue weighted by Gasteiger charge is 2.20. The van der Waals surface area contributed by atoms with E-state index >= 15 is 0 Å². The summed E-state index contributed by atoms with van der Waals surface area (Å²) in [5, 5.41) is 11.5. The molecule has 2 aromatic carbocycles. The Morgan fingerprint density at radius 2 is 2.00 bits per heavy atom. The summed E-state index contributed by atoms with van der Waals surface area (Å²) in [6.45, 7) is 2.15. The van der Waals surface area contributed by atoms with Gasteiger partial charge in [-0.1, -0.05) is 18.2 Å². The van der Waals surface area contributed by atoms with Crippen LogP contribution >= 0.6 is 11.8 Å². The van der Waals surface area contributed by atoms with Gasteiger partial charge in [0, 0.05) is 17.5 Å². The van der Waals surface area contributed by atoms with Gasteiger partial charge in [0.25, 0.3) is 0 Å². The zero-order chi connectivity index (χ0) is 15.5. The molecule has 1 unspecified atom stereocenters. The summed E-state index contributed by atoms with van der Waals surface area (Å²) in [4.78, 5) is 12.3. The predicted molar refractivity (Wildman–Crippen MR) is 89.4 cm³/mol. The largest absolute Gasteiger partial charge is 0.326 e. The lowest BCUT2D eigenvalue weighted by Crippen LogP contribution is -2.08. The standard InChI is InChI=1S/C17H17N3OS/c1-11(21)19-14-6-3-12(4-7-14)17-16-9-15(22-2)8-5-13(16)10-18-20-17/h3-9,17H,10H2,1-2H3,(H,19,21). The second kappa shape index (κ2) is 6.32. The lowest BCUT2D eigenvalue weighted by molar-refractivity contribution is -0.114. The molecule has 1 aliphatic heterocycles. The topological polar surface area (TPSA) is 53.8 Å². The van der Waals surface area contributed by atoms with Crippen LogP contribution in [0.5, 0.6) is 0 Å². The normalized spacial score (nSPS) is 16.2. The molecular formula is C17H17N3OS. The first kappa shape index (κ1) is 14.8. The number of azo groups is 1. The van der Waals surface area contributed by atoms with Gasteiger partial charge in [-0.15, -0.1) is 11.8 Å². The fourth-order valence-electron chi connectivity index (χ4n) is 2.56. The Balaban J connectivity index is 1.93. The predicted octanol–water partition coefficient (Wildman–Crippen LogP) is 4.42. The molecule has 0 spiro atoms. The van der Waals surface area contributed by atoms with Gasteiger partial charge in [-0.25, -0.2) is 0 Å². The van der Waals surface area contributed by atoms with Crippen LogP contribution < -0.4 is 5.32 Å². The Morgan fingerprint density at radius 3 is 2.68 bits per heavy atom. The molecule has 2 aromatic rings. The van der Waals surface area contributed by atoms with Crippen molar-refractivity contribution in [2.24, 2.45) is 10.2 Å². The Hall–Kier alpha value is -2.14. The molecule has 3 rings (SSSR count). The third-order valence-electron chi connectivity index (χ3n) is 3.63. The van der Waals surface area contributed by atoms with E-state index in [1.807, 2.05) is 24.3 Å². The van der Waals surface area contributed by atoms with Crippen molar-refractivity contribution >= 4 is 23.4 Å². The summed E-state index contributed by atoms with van der Waals surface area (Å²) >= 11 is 1.73. The van der Waals surface area contributed by atoms with E-state index in [4.69, 9.17) is 0 Å². The van der Waals surface area contributed by atoms with Gasteiger partial charge >= 0.3 is 0 Å². The summed E-state index contributed by atoms with van der Waals surface area (Å²) in [5.41, 5.74) is 4.32. The molecule has 4 nitrogen and oxygen atoms in total. The molecular weight excluding hydrogens is 294 g/mol. The number of rotatable bonds is 3. The fourth-order valence-corrected chi connectivity index (χ4v) is 3.01. The van der Waals surface area contributed by atoms with Crippen molar-refractivity contribution in [2.75, 3.05) is 11.6 Å². The number of amides is 1. The average molecular weight is 311 g/mol. The van der Waals surface area contributed by atoms with Gasteiger partial charge in [0.1, 0.15) is 6.04 Å². The summed E-state index contributed by atoms with van der Waals surface area (Å²) in [6.07, 6.45) is 2.07. The second-order valence-electron chi connectivity index (χ2n) is 5.19. The molecule has 1 atom stereocenters. The molecule has 0 saturated heterocycles. The maximum absolute atomic E-state index is 11.1. The zero-order valence-electron chi connectivity index (χ0n) is 12.5. The smallest absolute Gasteiger partial charge is 0.221 e. The summed E-state index contributed by atoms with van der Waals surface area (Å²) in [7, 11) is 0. The van der Waals surface area contributed by atoms with Gasteiger partial charge in [-0.3, -0.25) is 4.79 Å². The van der Waals surface area contributed by atoms with Crippen molar-refractivity contribution in [3.8, 4) is 0 Å². The molecule has 0 fully saturated rings. The Kier molecular flexibility index (Phi) is 4.24. The number of hydrogen-bond donors (Lipinski definition) is 1. The molecule has 1 amide bonds. The quantitative estimate of drug-likeness (QED) is 0.853. The van der Waals surface area contributed by atoms with Gasteiger partial charge in [0.15, 0.2) is 0 Å². The van der Waals surface area contributed by atoms with Crippen molar-refractivity contribution in [2.45, 2.75) is 24.4 Å². The molecule has 0 radical (unpaired) electrons. The number of fused-ring (bicyclic) bond motifs is 1. The number of benzene rings is 2. The third-order valence-corrected chi connectivity index (χ3v) is 4.36.